The minimum absolute atomic E-state index is 0.203. The molecule has 1 aliphatic heterocycles. The first-order valence-corrected chi connectivity index (χ1v) is 8.16. The molecule has 118 valence electrons. The monoisotopic (exact) mass is 290 g/mol. The first-order valence-electron chi connectivity index (χ1n) is 8.16. The van der Waals surface area contributed by atoms with Crippen LogP contribution in [0.15, 0.2) is 24.3 Å². The van der Waals surface area contributed by atoms with Crippen molar-refractivity contribution in [3.05, 3.63) is 35.4 Å². The van der Waals surface area contributed by atoms with Crippen LogP contribution in [0.4, 0.5) is 0 Å². The summed E-state index contributed by atoms with van der Waals surface area (Å²) in [4.78, 5) is 2.49. The highest BCUT2D eigenvalue weighted by atomic mass is 16.5. The maximum absolute atomic E-state index is 5.50. The average molecular weight is 290 g/mol. The Bertz CT molecular complexity index is 400. The Kier molecular flexibility index (Phi) is 6.22. The van der Waals surface area contributed by atoms with Gasteiger partial charge in [0.2, 0.25) is 0 Å². The summed E-state index contributed by atoms with van der Waals surface area (Å²) in [6, 6.07) is 9.10. The predicted octanol–water partition coefficient (Wildman–Crippen LogP) is 2.84. The molecule has 0 spiro atoms. The third kappa shape index (κ3) is 6.60. The lowest BCUT2D eigenvalue weighted by molar-refractivity contribution is 0.140. The van der Waals surface area contributed by atoms with Gasteiger partial charge in [0, 0.05) is 31.8 Å². The smallest absolute Gasteiger partial charge is 0.0593 e. The van der Waals surface area contributed by atoms with Gasteiger partial charge in [-0.15, -0.1) is 0 Å². The Morgan fingerprint density at radius 2 is 1.76 bits per heavy atom. The van der Waals surface area contributed by atoms with Crippen LogP contribution in [0.3, 0.4) is 0 Å². The summed E-state index contributed by atoms with van der Waals surface area (Å²) in [6.45, 7) is 12.7. The molecule has 3 heteroatoms. The SMILES string of the molecule is CC(C)(C)NCCc1ccc(CN2CCCOCC2)cc1. The molecule has 0 unspecified atom stereocenters. The van der Waals surface area contributed by atoms with Gasteiger partial charge in [0.1, 0.15) is 0 Å². The molecule has 1 heterocycles. The average Bonchev–Trinajstić information content (AvgIpc) is 2.68. The quantitative estimate of drug-likeness (QED) is 0.902. The number of nitrogens with one attached hydrogen (secondary N) is 1. The Morgan fingerprint density at radius 3 is 2.48 bits per heavy atom. The standard InChI is InChI=1S/C18H30N2O/c1-18(2,3)19-10-9-16-5-7-17(8-6-16)15-20-11-4-13-21-14-12-20/h5-8,19H,4,9-15H2,1-3H3. The van der Waals surface area contributed by atoms with Crippen molar-refractivity contribution in [2.75, 3.05) is 32.8 Å². The van der Waals surface area contributed by atoms with Gasteiger partial charge in [-0.25, -0.2) is 0 Å². The third-order valence-corrected chi connectivity index (χ3v) is 3.81. The van der Waals surface area contributed by atoms with E-state index in [0.29, 0.717) is 0 Å². The molecule has 0 atom stereocenters. The molecule has 0 bridgehead atoms. The van der Waals surface area contributed by atoms with Crippen molar-refractivity contribution in [2.24, 2.45) is 0 Å². The Balaban J connectivity index is 1.78. The van der Waals surface area contributed by atoms with Crippen LogP contribution in [0.2, 0.25) is 0 Å². The molecule has 0 aliphatic carbocycles. The van der Waals surface area contributed by atoms with Gasteiger partial charge in [0.05, 0.1) is 6.61 Å². The number of hydrogen-bond donors (Lipinski definition) is 1. The van der Waals surface area contributed by atoms with Crippen LogP contribution in [-0.4, -0.2) is 43.3 Å². The zero-order chi connectivity index (χ0) is 15.1. The van der Waals surface area contributed by atoms with E-state index in [0.717, 1.165) is 52.2 Å². The van der Waals surface area contributed by atoms with E-state index in [1.807, 2.05) is 0 Å². The lowest BCUT2D eigenvalue weighted by Crippen LogP contribution is -2.37. The second kappa shape index (κ2) is 7.92. The van der Waals surface area contributed by atoms with Gasteiger partial charge < -0.3 is 10.1 Å². The topological polar surface area (TPSA) is 24.5 Å². The number of ether oxygens (including phenoxy) is 1. The van der Waals surface area contributed by atoms with Gasteiger partial charge in [-0.2, -0.15) is 0 Å². The molecule has 0 saturated carbocycles. The summed E-state index contributed by atoms with van der Waals surface area (Å²) in [5.41, 5.74) is 3.02. The maximum atomic E-state index is 5.50. The summed E-state index contributed by atoms with van der Waals surface area (Å²) >= 11 is 0. The molecule has 1 aromatic rings. The molecule has 1 fully saturated rings. The van der Waals surface area contributed by atoms with Crippen molar-refractivity contribution in [1.29, 1.82) is 0 Å². The number of benzene rings is 1. The minimum Gasteiger partial charge on any atom is -0.380 e. The molecular formula is C18H30N2O. The van der Waals surface area contributed by atoms with Gasteiger partial charge in [-0.1, -0.05) is 24.3 Å². The molecule has 21 heavy (non-hydrogen) atoms. The number of nitrogens with zero attached hydrogens (tertiary/aromatic N) is 1. The lowest BCUT2D eigenvalue weighted by Gasteiger charge is -2.21. The van der Waals surface area contributed by atoms with E-state index in [4.69, 9.17) is 4.74 Å². The van der Waals surface area contributed by atoms with Crippen LogP contribution in [-0.2, 0) is 17.7 Å². The van der Waals surface area contributed by atoms with E-state index in [9.17, 15) is 0 Å². The summed E-state index contributed by atoms with van der Waals surface area (Å²) in [7, 11) is 0. The summed E-state index contributed by atoms with van der Waals surface area (Å²) < 4.78 is 5.50. The minimum atomic E-state index is 0.203. The Hall–Kier alpha value is -0.900. The van der Waals surface area contributed by atoms with Crippen molar-refractivity contribution >= 4 is 0 Å². The third-order valence-electron chi connectivity index (χ3n) is 3.81. The zero-order valence-electron chi connectivity index (χ0n) is 13.8. The Morgan fingerprint density at radius 1 is 1.05 bits per heavy atom. The molecule has 1 saturated heterocycles. The van der Waals surface area contributed by atoms with Crippen LogP contribution >= 0.6 is 0 Å². The van der Waals surface area contributed by atoms with Crippen LogP contribution in [0.1, 0.15) is 38.3 Å². The van der Waals surface area contributed by atoms with Crippen LogP contribution in [0, 0.1) is 0 Å². The van der Waals surface area contributed by atoms with Crippen molar-refractivity contribution in [3.8, 4) is 0 Å². The molecule has 0 aromatic heterocycles. The summed E-state index contributed by atoms with van der Waals surface area (Å²) in [5, 5.41) is 3.54. The zero-order valence-corrected chi connectivity index (χ0v) is 13.8. The number of rotatable bonds is 5. The fourth-order valence-electron chi connectivity index (χ4n) is 2.61. The van der Waals surface area contributed by atoms with E-state index >= 15 is 0 Å². The second-order valence-corrected chi connectivity index (χ2v) is 6.99. The Labute approximate surface area is 129 Å². The first-order chi connectivity index (χ1) is 10.0. The van der Waals surface area contributed by atoms with Gasteiger partial charge in [-0.05, 0) is 51.3 Å². The molecule has 3 nitrogen and oxygen atoms in total. The van der Waals surface area contributed by atoms with Gasteiger partial charge >= 0.3 is 0 Å². The summed E-state index contributed by atoms with van der Waals surface area (Å²) in [5.74, 6) is 0. The molecular weight excluding hydrogens is 260 g/mol. The van der Waals surface area contributed by atoms with Gasteiger partial charge in [-0.3, -0.25) is 4.90 Å². The molecule has 2 rings (SSSR count). The highest BCUT2D eigenvalue weighted by Gasteiger charge is 2.10. The fraction of sp³-hybridized carbons (Fsp3) is 0.667. The maximum Gasteiger partial charge on any atom is 0.0593 e. The van der Waals surface area contributed by atoms with E-state index in [1.54, 1.807) is 0 Å². The van der Waals surface area contributed by atoms with Crippen molar-refractivity contribution in [2.45, 2.75) is 45.7 Å². The predicted molar refractivity (Wildman–Crippen MR) is 88.6 cm³/mol. The van der Waals surface area contributed by atoms with Crippen LogP contribution in [0.5, 0.6) is 0 Å². The number of hydrogen-bond acceptors (Lipinski definition) is 3. The fourth-order valence-corrected chi connectivity index (χ4v) is 2.61. The molecule has 1 aromatic carbocycles. The van der Waals surface area contributed by atoms with Crippen LogP contribution in [0.25, 0.3) is 0 Å². The lowest BCUT2D eigenvalue weighted by atomic mass is 10.1. The van der Waals surface area contributed by atoms with E-state index in [1.165, 1.54) is 11.1 Å². The van der Waals surface area contributed by atoms with Crippen LogP contribution < -0.4 is 5.32 Å². The highest BCUT2D eigenvalue weighted by molar-refractivity contribution is 5.22. The van der Waals surface area contributed by atoms with Crippen molar-refractivity contribution in [3.63, 3.8) is 0 Å². The van der Waals surface area contributed by atoms with Crippen molar-refractivity contribution in [1.82, 2.24) is 10.2 Å². The van der Waals surface area contributed by atoms with Gasteiger partial charge in [0.15, 0.2) is 0 Å². The molecule has 1 aliphatic rings. The molecule has 0 amide bonds. The van der Waals surface area contributed by atoms with Crippen molar-refractivity contribution < 1.29 is 4.74 Å². The largest absolute Gasteiger partial charge is 0.380 e. The summed E-state index contributed by atoms with van der Waals surface area (Å²) in [6.07, 6.45) is 2.24. The molecule has 1 N–H and O–H groups in total. The van der Waals surface area contributed by atoms with E-state index in [-0.39, 0.29) is 5.54 Å². The molecule has 0 radical (unpaired) electrons. The van der Waals surface area contributed by atoms with E-state index in [2.05, 4.69) is 55.3 Å². The highest BCUT2D eigenvalue weighted by Crippen LogP contribution is 2.10. The first kappa shape index (κ1) is 16.5. The van der Waals surface area contributed by atoms with Gasteiger partial charge in [0.25, 0.3) is 0 Å². The van der Waals surface area contributed by atoms with E-state index < -0.39 is 0 Å². The second-order valence-electron chi connectivity index (χ2n) is 6.99. The normalized spacial score (nSPS) is 17.7.